The van der Waals surface area contributed by atoms with Gasteiger partial charge in [-0.25, -0.2) is 4.79 Å². The Morgan fingerprint density at radius 1 is 1.25 bits per heavy atom. The van der Waals surface area contributed by atoms with Crippen LogP contribution in [0.25, 0.3) is 11.0 Å². The molecule has 0 spiro atoms. The van der Waals surface area contributed by atoms with E-state index in [1.165, 1.54) is 35.8 Å². The Labute approximate surface area is 193 Å². The normalized spacial score (nSPS) is 21.5. The van der Waals surface area contributed by atoms with Gasteiger partial charge in [0.2, 0.25) is 0 Å². The van der Waals surface area contributed by atoms with E-state index < -0.39 is 0 Å². The molecule has 1 aromatic carbocycles. The molecule has 174 valence electrons. The number of benzene rings is 1. The van der Waals surface area contributed by atoms with Crippen LogP contribution in [0.1, 0.15) is 91.0 Å². The molecule has 2 aromatic rings. The van der Waals surface area contributed by atoms with Crippen LogP contribution in [0.3, 0.4) is 0 Å². The van der Waals surface area contributed by atoms with Crippen molar-refractivity contribution in [2.75, 3.05) is 6.61 Å². The summed E-state index contributed by atoms with van der Waals surface area (Å²) >= 11 is 0. The molecule has 0 aliphatic heterocycles. The van der Waals surface area contributed by atoms with Crippen molar-refractivity contribution >= 4 is 16.9 Å². The second-order valence-corrected chi connectivity index (χ2v) is 10.5. The first-order valence-corrected chi connectivity index (χ1v) is 12.2. The van der Waals surface area contributed by atoms with Gasteiger partial charge in [-0.1, -0.05) is 65.7 Å². The quantitative estimate of drug-likeness (QED) is 0.174. The summed E-state index contributed by atoms with van der Waals surface area (Å²) in [6.07, 6.45) is 11.6. The monoisotopic (exact) mass is 436 g/mol. The minimum Gasteiger partial charge on any atom is -0.463 e. The van der Waals surface area contributed by atoms with Gasteiger partial charge in [0.15, 0.2) is 0 Å². The van der Waals surface area contributed by atoms with Crippen molar-refractivity contribution in [2.45, 2.75) is 91.4 Å². The van der Waals surface area contributed by atoms with Crippen LogP contribution in [0.15, 0.2) is 46.4 Å². The molecule has 0 unspecified atom stereocenters. The topological polar surface area (TPSA) is 39.4 Å². The lowest BCUT2D eigenvalue weighted by Gasteiger charge is -2.20. The van der Waals surface area contributed by atoms with Crippen molar-refractivity contribution in [3.05, 3.63) is 58.9 Å². The number of carbonyl (C=O) groups is 1. The SMILES string of the molecule is CCCCCc1oc2ccc([C@@]3(C)C[C@H]3/C=C/C(C)=C/C(=O)OCC)cc2c1C(C)(C)C. The van der Waals surface area contributed by atoms with E-state index in [0.29, 0.717) is 12.5 Å². The molecular weight excluding hydrogens is 396 g/mol. The third-order valence-corrected chi connectivity index (χ3v) is 6.70. The Morgan fingerprint density at radius 3 is 2.66 bits per heavy atom. The van der Waals surface area contributed by atoms with Crippen molar-refractivity contribution in [2.24, 2.45) is 5.92 Å². The molecule has 1 aliphatic rings. The van der Waals surface area contributed by atoms with E-state index in [1.54, 1.807) is 6.08 Å². The summed E-state index contributed by atoms with van der Waals surface area (Å²) in [6, 6.07) is 6.78. The fraction of sp³-hybridized carbons (Fsp3) is 0.552. The van der Waals surface area contributed by atoms with Crippen molar-refractivity contribution in [1.29, 1.82) is 0 Å². The lowest BCUT2D eigenvalue weighted by atomic mass is 9.83. The Balaban J connectivity index is 1.85. The standard InChI is InChI=1S/C29H40O3/c1-8-10-11-12-25-27(28(4,5)6)23-18-21(15-16-24(23)32-25)29(7)19-22(29)14-13-20(3)17-26(30)31-9-2/h13-18,22H,8-12,19H2,1-7H3/b14-13+,20-17+/t22-,29-/m1/s1. The maximum absolute atomic E-state index is 11.6. The van der Waals surface area contributed by atoms with Gasteiger partial charge >= 0.3 is 5.97 Å². The van der Waals surface area contributed by atoms with Crippen LogP contribution in [0.2, 0.25) is 0 Å². The summed E-state index contributed by atoms with van der Waals surface area (Å²) in [6.45, 7) is 15.6. The second kappa shape index (κ2) is 9.68. The highest BCUT2D eigenvalue weighted by Gasteiger charge is 2.49. The van der Waals surface area contributed by atoms with E-state index in [4.69, 9.17) is 9.15 Å². The van der Waals surface area contributed by atoms with Crippen LogP contribution in [-0.2, 0) is 26.8 Å². The number of rotatable bonds is 9. The number of aryl methyl sites for hydroxylation is 1. The summed E-state index contributed by atoms with van der Waals surface area (Å²) in [5, 5.41) is 1.27. The molecule has 0 bridgehead atoms. The largest absolute Gasteiger partial charge is 0.463 e. The zero-order chi connectivity index (χ0) is 23.5. The van der Waals surface area contributed by atoms with Crippen LogP contribution in [-0.4, -0.2) is 12.6 Å². The molecule has 1 aromatic heterocycles. The predicted molar refractivity (Wildman–Crippen MR) is 133 cm³/mol. The van der Waals surface area contributed by atoms with Gasteiger partial charge in [-0.3, -0.25) is 0 Å². The molecule has 2 atom stereocenters. The van der Waals surface area contributed by atoms with E-state index in [2.05, 4.69) is 65.0 Å². The smallest absolute Gasteiger partial charge is 0.330 e. The molecule has 0 amide bonds. The number of hydrogen-bond acceptors (Lipinski definition) is 3. The van der Waals surface area contributed by atoms with Crippen LogP contribution in [0.5, 0.6) is 0 Å². The number of furan rings is 1. The highest BCUT2D eigenvalue weighted by atomic mass is 16.5. The number of carbonyl (C=O) groups excluding carboxylic acids is 1. The predicted octanol–water partition coefficient (Wildman–Crippen LogP) is 7.81. The lowest BCUT2D eigenvalue weighted by molar-refractivity contribution is -0.137. The molecule has 0 saturated heterocycles. The zero-order valence-corrected chi connectivity index (χ0v) is 21.0. The molecular formula is C29H40O3. The van der Waals surface area contributed by atoms with Crippen molar-refractivity contribution in [1.82, 2.24) is 0 Å². The first-order chi connectivity index (χ1) is 15.1. The molecule has 1 aliphatic carbocycles. The highest BCUT2D eigenvalue weighted by Crippen LogP contribution is 2.55. The number of hydrogen-bond donors (Lipinski definition) is 0. The first-order valence-electron chi connectivity index (χ1n) is 12.2. The van der Waals surface area contributed by atoms with Crippen molar-refractivity contribution < 1.29 is 13.9 Å². The van der Waals surface area contributed by atoms with Gasteiger partial charge < -0.3 is 9.15 Å². The van der Waals surface area contributed by atoms with E-state index in [9.17, 15) is 4.79 Å². The lowest BCUT2D eigenvalue weighted by Crippen LogP contribution is -2.13. The number of ether oxygens (including phenoxy) is 1. The number of esters is 1. The maximum atomic E-state index is 11.6. The van der Waals surface area contributed by atoms with Crippen molar-refractivity contribution in [3.63, 3.8) is 0 Å². The Bertz CT molecular complexity index is 1010. The summed E-state index contributed by atoms with van der Waals surface area (Å²) in [5.74, 6) is 1.36. The minimum atomic E-state index is -0.275. The van der Waals surface area contributed by atoms with Crippen LogP contribution >= 0.6 is 0 Å². The van der Waals surface area contributed by atoms with Gasteiger partial charge in [0.05, 0.1) is 6.61 Å². The van der Waals surface area contributed by atoms with E-state index in [0.717, 1.165) is 29.8 Å². The summed E-state index contributed by atoms with van der Waals surface area (Å²) < 4.78 is 11.4. The highest BCUT2D eigenvalue weighted by molar-refractivity contribution is 5.85. The average molecular weight is 437 g/mol. The van der Waals surface area contributed by atoms with Crippen LogP contribution in [0.4, 0.5) is 0 Å². The number of unbranched alkanes of at least 4 members (excludes halogenated alkanes) is 2. The molecule has 1 fully saturated rings. The van der Waals surface area contributed by atoms with Gasteiger partial charge in [0.1, 0.15) is 11.3 Å². The minimum absolute atomic E-state index is 0.0458. The van der Waals surface area contributed by atoms with Crippen molar-refractivity contribution in [3.8, 4) is 0 Å². The summed E-state index contributed by atoms with van der Waals surface area (Å²) in [7, 11) is 0. The molecule has 1 saturated carbocycles. The fourth-order valence-corrected chi connectivity index (χ4v) is 4.73. The third kappa shape index (κ3) is 5.36. The zero-order valence-electron chi connectivity index (χ0n) is 21.0. The summed E-state index contributed by atoms with van der Waals surface area (Å²) in [4.78, 5) is 11.6. The maximum Gasteiger partial charge on any atom is 0.330 e. The average Bonchev–Trinajstić information content (AvgIpc) is 3.22. The molecule has 1 heterocycles. The fourth-order valence-electron chi connectivity index (χ4n) is 4.73. The Kier molecular flexibility index (Phi) is 7.37. The number of fused-ring (bicyclic) bond motifs is 1. The third-order valence-electron chi connectivity index (χ3n) is 6.70. The molecule has 0 N–H and O–H groups in total. The second-order valence-electron chi connectivity index (χ2n) is 10.5. The van der Waals surface area contributed by atoms with E-state index in [1.807, 2.05) is 13.8 Å². The summed E-state index contributed by atoms with van der Waals surface area (Å²) in [5.41, 5.74) is 4.85. The Morgan fingerprint density at radius 2 is 2.00 bits per heavy atom. The molecule has 3 heteroatoms. The van der Waals surface area contributed by atoms with Gasteiger partial charge in [0.25, 0.3) is 0 Å². The van der Waals surface area contributed by atoms with Gasteiger partial charge in [-0.15, -0.1) is 0 Å². The van der Waals surface area contributed by atoms with Gasteiger partial charge in [-0.05, 0) is 66.7 Å². The van der Waals surface area contributed by atoms with E-state index >= 15 is 0 Å². The van der Waals surface area contributed by atoms with Gasteiger partial charge in [-0.2, -0.15) is 0 Å². The number of allylic oxidation sites excluding steroid dienone is 3. The van der Waals surface area contributed by atoms with Gasteiger partial charge in [0, 0.05) is 23.4 Å². The molecule has 3 nitrogen and oxygen atoms in total. The van der Waals surface area contributed by atoms with Crippen LogP contribution in [0, 0.1) is 5.92 Å². The first kappa shape index (κ1) is 24.4. The molecule has 32 heavy (non-hydrogen) atoms. The van der Waals surface area contributed by atoms with E-state index in [-0.39, 0.29) is 16.8 Å². The van der Waals surface area contributed by atoms with Crippen LogP contribution < -0.4 is 0 Å². The molecule has 3 rings (SSSR count). The Hall–Kier alpha value is -2.29. The molecule has 0 radical (unpaired) electrons.